The van der Waals surface area contributed by atoms with Gasteiger partial charge in [0.15, 0.2) is 0 Å². The van der Waals surface area contributed by atoms with Crippen molar-refractivity contribution in [3.05, 3.63) is 0 Å². The molecule has 2 amide bonds. The highest BCUT2D eigenvalue weighted by Crippen LogP contribution is 2.21. The van der Waals surface area contributed by atoms with Gasteiger partial charge in [-0.25, -0.2) is 0 Å². The number of hydrogen-bond acceptors (Lipinski definition) is 4. The van der Waals surface area contributed by atoms with Crippen molar-refractivity contribution in [3.8, 4) is 0 Å². The lowest BCUT2D eigenvalue weighted by molar-refractivity contribution is -0.142. The summed E-state index contributed by atoms with van der Waals surface area (Å²) in [5.41, 5.74) is 0. The average Bonchev–Trinajstić information content (AvgIpc) is 3.05. The molecule has 2 rings (SSSR count). The van der Waals surface area contributed by atoms with E-state index < -0.39 is 0 Å². The SMILES string of the molecule is CCOCC(=O)N1CCC(C(=O)N(C)C[C@H]2CCOC2)CC1. The van der Waals surface area contributed by atoms with Crippen LogP contribution >= 0.6 is 0 Å². The number of hydrogen-bond donors (Lipinski definition) is 0. The fourth-order valence-corrected chi connectivity index (χ4v) is 3.17. The molecule has 0 spiro atoms. The van der Waals surface area contributed by atoms with Crippen LogP contribution in [0.5, 0.6) is 0 Å². The molecule has 2 aliphatic heterocycles. The molecule has 0 aromatic rings. The Morgan fingerprint density at radius 2 is 2.00 bits per heavy atom. The Morgan fingerprint density at radius 1 is 1.27 bits per heavy atom. The molecule has 1 atom stereocenters. The molecule has 2 heterocycles. The highest BCUT2D eigenvalue weighted by molar-refractivity contribution is 5.80. The number of carbonyl (C=O) groups is 2. The topological polar surface area (TPSA) is 59.1 Å². The van der Waals surface area contributed by atoms with Crippen LogP contribution in [0.25, 0.3) is 0 Å². The van der Waals surface area contributed by atoms with Gasteiger partial charge >= 0.3 is 0 Å². The number of piperidine rings is 1. The molecule has 6 heteroatoms. The van der Waals surface area contributed by atoms with Gasteiger partial charge in [-0.05, 0) is 26.2 Å². The van der Waals surface area contributed by atoms with Gasteiger partial charge in [0.25, 0.3) is 0 Å². The van der Waals surface area contributed by atoms with Crippen LogP contribution in [0.3, 0.4) is 0 Å². The molecule has 0 unspecified atom stereocenters. The summed E-state index contributed by atoms with van der Waals surface area (Å²) in [7, 11) is 1.88. The molecule has 2 aliphatic rings. The first-order valence-corrected chi connectivity index (χ1v) is 8.30. The predicted molar refractivity (Wildman–Crippen MR) is 82.4 cm³/mol. The highest BCUT2D eigenvalue weighted by atomic mass is 16.5. The third kappa shape index (κ3) is 4.68. The van der Waals surface area contributed by atoms with Crippen LogP contribution < -0.4 is 0 Å². The summed E-state index contributed by atoms with van der Waals surface area (Å²) in [5.74, 6) is 0.762. The van der Waals surface area contributed by atoms with Crippen LogP contribution in [0, 0.1) is 11.8 Å². The minimum Gasteiger partial charge on any atom is -0.381 e. The van der Waals surface area contributed by atoms with Crippen molar-refractivity contribution in [3.63, 3.8) is 0 Å². The summed E-state index contributed by atoms with van der Waals surface area (Å²) in [6.07, 6.45) is 2.55. The van der Waals surface area contributed by atoms with Gasteiger partial charge in [-0.3, -0.25) is 9.59 Å². The molecule has 0 aromatic carbocycles. The van der Waals surface area contributed by atoms with Crippen molar-refractivity contribution in [2.75, 3.05) is 53.1 Å². The first-order valence-electron chi connectivity index (χ1n) is 8.30. The lowest BCUT2D eigenvalue weighted by Gasteiger charge is -2.33. The van der Waals surface area contributed by atoms with Crippen molar-refractivity contribution in [2.45, 2.75) is 26.2 Å². The van der Waals surface area contributed by atoms with Gasteiger partial charge in [-0.2, -0.15) is 0 Å². The van der Waals surface area contributed by atoms with Crippen LogP contribution in [0.15, 0.2) is 0 Å². The van der Waals surface area contributed by atoms with Crippen LogP contribution in [-0.4, -0.2) is 74.7 Å². The summed E-state index contributed by atoms with van der Waals surface area (Å²) in [5, 5.41) is 0. The molecule has 2 saturated heterocycles. The van der Waals surface area contributed by atoms with Gasteiger partial charge in [-0.1, -0.05) is 0 Å². The summed E-state index contributed by atoms with van der Waals surface area (Å²) in [4.78, 5) is 28.0. The third-order valence-electron chi connectivity index (χ3n) is 4.56. The largest absolute Gasteiger partial charge is 0.381 e. The summed E-state index contributed by atoms with van der Waals surface area (Å²) >= 11 is 0. The molecule has 0 saturated carbocycles. The summed E-state index contributed by atoms with van der Waals surface area (Å²) < 4.78 is 10.5. The van der Waals surface area contributed by atoms with E-state index in [0.717, 1.165) is 39.0 Å². The van der Waals surface area contributed by atoms with Gasteiger partial charge in [0.05, 0.1) is 6.61 Å². The fourth-order valence-electron chi connectivity index (χ4n) is 3.17. The van der Waals surface area contributed by atoms with E-state index in [-0.39, 0.29) is 24.3 Å². The Hall–Kier alpha value is -1.14. The first kappa shape index (κ1) is 17.2. The smallest absolute Gasteiger partial charge is 0.248 e. The molecule has 0 bridgehead atoms. The zero-order chi connectivity index (χ0) is 15.9. The standard InChI is InChI=1S/C16H28N2O4/c1-3-21-12-15(19)18-7-4-14(5-8-18)16(20)17(2)10-13-6-9-22-11-13/h13-14H,3-12H2,1-2H3/t13-/m1/s1. The van der Waals surface area contributed by atoms with E-state index in [9.17, 15) is 9.59 Å². The van der Waals surface area contributed by atoms with E-state index in [1.807, 2.05) is 23.8 Å². The molecule has 0 aromatic heterocycles. The number of rotatable bonds is 6. The molecular weight excluding hydrogens is 284 g/mol. The molecule has 126 valence electrons. The van der Waals surface area contributed by atoms with E-state index in [4.69, 9.17) is 9.47 Å². The molecule has 22 heavy (non-hydrogen) atoms. The van der Waals surface area contributed by atoms with Gasteiger partial charge in [-0.15, -0.1) is 0 Å². The first-order chi connectivity index (χ1) is 10.6. The van der Waals surface area contributed by atoms with Crippen LogP contribution in [0.2, 0.25) is 0 Å². The van der Waals surface area contributed by atoms with Crippen molar-refractivity contribution >= 4 is 11.8 Å². The third-order valence-corrected chi connectivity index (χ3v) is 4.56. The van der Waals surface area contributed by atoms with Gasteiger partial charge < -0.3 is 19.3 Å². The minimum absolute atomic E-state index is 0.0317. The van der Waals surface area contributed by atoms with E-state index in [1.165, 1.54) is 0 Å². The lowest BCUT2D eigenvalue weighted by Crippen LogP contribution is -2.45. The van der Waals surface area contributed by atoms with Gasteiger partial charge in [0, 0.05) is 51.7 Å². The Bertz CT molecular complexity index is 374. The predicted octanol–water partition coefficient (Wildman–Crippen LogP) is 0.756. The Labute approximate surface area is 132 Å². The molecular formula is C16H28N2O4. The van der Waals surface area contributed by atoms with Crippen molar-refractivity contribution < 1.29 is 19.1 Å². The van der Waals surface area contributed by atoms with Crippen molar-refractivity contribution in [2.24, 2.45) is 11.8 Å². The Kier molecular flexibility index (Phi) is 6.64. The van der Waals surface area contributed by atoms with Crippen LogP contribution in [-0.2, 0) is 19.1 Å². The highest BCUT2D eigenvalue weighted by Gasteiger charge is 2.30. The van der Waals surface area contributed by atoms with Crippen molar-refractivity contribution in [1.29, 1.82) is 0 Å². The maximum absolute atomic E-state index is 12.5. The summed E-state index contributed by atoms with van der Waals surface area (Å²) in [6, 6.07) is 0. The number of likely N-dealkylation sites (tertiary alicyclic amines) is 1. The van der Waals surface area contributed by atoms with E-state index in [2.05, 4.69) is 0 Å². The molecule has 0 N–H and O–H groups in total. The average molecular weight is 312 g/mol. The zero-order valence-corrected chi connectivity index (χ0v) is 13.8. The second-order valence-electron chi connectivity index (χ2n) is 6.24. The van der Waals surface area contributed by atoms with Crippen molar-refractivity contribution in [1.82, 2.24) is 9.80 Å². The fraction of sp³-hybridized carbons (Fsp3) is 0.875. The van der Waals surface area contributed by atoms with Gasteiger partial charge in [0.1, 0.15) is 6.61 Å². The second kappa shape index (κ2) is 8.48. The van der Waals surface area contributed by atoms with Gasteiger partial charge in [0.2, 0.25) is 11.8 Å². The van der Waals surface area contributed by atoms with E-state index in [1.54, 1.807) is 0 Å². The Morgan fingerprint density at radius 3 is 2.59 bits per heavy atom. The quantitative estimate of drug-likeness (QED) is 0.726. The lowest BCUT2D eigenvalue weighted by atomic mass is 9.95. The minimum atomic E-state index is 0.0317. The molecule has 0 aliphatic carbocycles. The maximum atomic E-state index is 12.5. The van der Waals surface area contributed by atoms with Crippen LogP contribution in [0.4, 0.5) is 0 Å². The second-order valence-corrected chi connectivity index (χ2v) is 6.24. The van der Waals surface area contributed by atoms with Crippen LogP contribution in [0.1, 0.15) is 26.2 Å². The Balaban J connectivity index is 1.73. The monoisotopic (exact) mass is 312 g/mol. The van der Waals surface area contributed by atoms with E-state index >= 15 is 0 Å². The number of amides is 2. The normalized spacial score (nSPS) is 22.8. The zero-order valence-electron chi connectivity index (χ0n) is 13.8. The maximum Gasteiger partial charge on any atom is 0.248 e. The summed E-state index contributed by atoms with van der Waals surface area (Å²) in [6.45, 7) is 6.25. The number of nitrogens with zero attached hydrogens (tertiary/aromatic N) is 2. The molecule has 0 radical (unpaired) electrons. The van der Waals surface area contributed by atoms with E-state index in [0.29, 0.717) is 25.6 Å². The number of carbonyl (C=O) groups excluding carboxylic acids is 2. The number of ether oxygens (including phenoxy) is 2. The molecule has 6 nitrogen and oxygen atoms in total. The molecule has 2 fully saturated rings.